The summed E-state index contributed by atoms with van der Waals surface area (Å²) in [5, 5.41) is 4.41. The molecule has 0 aliphatic rings. The molecule has 3 aromatic rings. The Labute approximate surface area is 154 Å². The average Bonchev–Trinajstić information content (AvgIpc) is 2.97. The van der Waals surface area contributed by atoms with Crippen molar-refractivity contribution >= 4 is 5.91 Å². The number of hydrogen-bond acceptors (Lipinski definition) is 3. The molecule has 0 aliphatic heterocycles. The highest BCUT2D eigenvalue weighted by molar-refractivity contribution is 5.76. The van der Waals surface area contributed by atoms with E-state index >= 15 is 0 Å². The van der Waals surface area contributed by atoms with Crippen molar-refractivity contribution in [2.75, 3.05) is 6.54 Å². The minimum absolute atomic E-state index is 0.0657. The Morgan fingerprint density at radius 1 is 1.08 bits per heavy atom. The van der Waals surface area contributed by atoms with Crippen LogP contribution < -0.4 is 0 Å². The van der Waals surface area contributed by atoms with Crippen LogP contribution in [0.4, 0.5) is 0 Å². The predicted molar refractivity (Wildman–Crippen MR) is 102 cm³/mol. The summed E-state index contributed by atoms with van der Waals surface area (Å²) in [6.45, 7) is 5.39. The van der Waals surface area contributed by atoms with Crippen LogP contribution in [-0.2, 0) is 24.3 Å². The van der Waals surface area contributed by atoms with E-state index in [0.717, 1.165) is 23.4 Å². The molecule has 0 N–H and O–H groups in total. The van der Waals surface area contributed by atoms with Crippen LogP contribution >= 0.6 is 0 Å². The largest absolute Gasteiger partial charge is 0.336 e. The number of aryl methyl sites for hydroxylation is 2. The smallest absolute Gasteiger partial charge is 0.244 e. The number of benzene rings is 1. The molecule has 2 aromatic heterocycles. The Morgan fingerprint density at radius 3 is 2.50 bits per heavy atom. The zero-order valence-electron chi connectivity index (χ0n) is 15.3. The molecule has 0 saturated carbocycles. The molecule has 0 unspecified atom stereocenters. The van der Waals surface area contributed by atoms with E-state index in [4.69, 9.17) is 0 Å². The van der Waals surface area contributed by atoms with E-state index in [1.165, 1.54) is 5.56 Å². The number of carbonyl (C=O) groups is 1. The Kier molecular flexibility index (Phi) is 5.79. The third kappa shape index (κ3) is 4.79. The van der Waals surface area contributed by atoms with Crippen molar-refractivity contribution in [2.24, 2.45) is 0 Å². The minimum atomic E-state index is 0.0657. The summed E-state index contributed by atoms with van der Waals surface area (Å²) in [6, 6.07) is 16.1. The number of nitrogens with zero attached hydrogens (tertiary/aromatic N) is 4. The third-order valence-electron chi connectivity index (χ3n) is 4.35. The summed E-state index contributed by atoms with van der Waals surface area (Å²) in [5.41, 5.74) is 4.18. The monoisotopic (exact) mass is 348 g/mol. The van der Waals surface area contributed by atoms with Crippen molar-refractivity contribution in [1.82, 2.24) is 19.7 Å². The van der Waals surface area contributed by atoms with Gasteiger partial charge in [-0.3, -0.25) is 14.5 Å². The number of aromatic nitrogens is 3. The number of pyridine rings is 1. The predicted octanol–water partition coefficient (Wildman–Crippen LogP) is 3.17. The summed E-state index contributed by atoms with van der Waals surface area (Å²) in [4.78, 5) is 19.0. The van der Waals surface area contributed by atoms with Crippen molar-refractivity contribution in [3.8, 4) is 0 Å². The van der Waals surface area contributed by atoms with E-state index in [-0.39, 0.29) is 12.5 Å². The summed E-state index contributed by atoms with van der Waals surface area (Å²) in [5.74, 6) is 0.0657. The van der Waals surface area contributed by atoms with Crippen LogP contribution in [0.25, 0.3) is 0 Å². The molecule has 0 bridgehead atoms. The Morgan fingerprint density at radius 2 is 1.85 bits per heavy atom. The molecule has 0 fully saturated rings. The molecule has 1 amide bonds. The fourth-order valence-corrected chi connectivity index (χ4v) is 2.98. The maximum atomic E-state index is 12.9. The number of hydrogen-bond donors (Lipinski definition) is 0. The van der Waals surface area contributed by atoms with Crippen LogP contribution in [0, 0.1) is 13.8 Å². The lowest BCUT2D eigenvalue weighted by Crippen LogP contribution is -2.35. The van der Waals surface area contributed by atoms with Gasteiger partial charge in [0.25, 0.3) is 0 Å². The molecule has 0 aliphatic carbocycles. The van der Waals surface area contributed by atoms with Gasteiger partial charge in [0.05, 0.1) is 5.69 Å². The van der Waals surface area contributed by atoms with Crippen molar-refractivity contribution in [2.45, 2.75) is 33.4 Å². The first kappa shape index (κ1) is 17.9. The second kappa shape index (κ2) is 8.43. The van der Waals surface area contributed by atoms with E-state index in [2.05, 4.69) is 22.2 Å². The molecular weight excluding hydrogens is 324 g/mol. The minimum Gasteiger partial charge on any atom is -0.336 e. The van der Waals surface area contributed by atoms with E-state index in [9.17, 15) is 4.79 Å². The van der Waals surface area contributed by atoms with Gasteiger partial charge in [0, 0.05) is 31.2 Å². The lowest BCUT2D eigenvalue weighted by atomic mass is 10.1. The van der Waals surface area contributed by atoms with Gasteiger partial charge in [-0.25, -0.2) is 0 Å². The van der Waals surface area contributed by atoms with Gasteiger partial charge < -0.3 is 4.90 Å². The van der Waals surface area contributed by atoms with Crippen LogP contribution in [0.5, 0.6) is 0 Å². The fourth-order valence-electron chi connectivity index (χ4n) is 2.98. The van der Waals surface area contributed by atoms with Crippen molar-refractivity contribution in [1.29, 1.82) is 0 Å². The molecule has 26 heavy (non-hydrogen) atoms. The summed E-state index contributed by atoms with van der Waals surface area (Å²) in [7, 11) is 0. The number of rotatable bonds is 7. The highest BCUT2D eigenvalue weighted by Crippen LogP contribution is 2.09. The van der Waals surface area contributed by atoms with Gasteiger partial charge in [-0.05, 0) is 43.5 Å². The molecule has 0 saturated heterocycles. The van der Waals surface area contributed by atoms with E-state index in [0.29, 0.717) is 13.1 Å². The Bertz CT molecular complexity index is 843. The SMILES string of the molecule is Cc1cc(C)n(CC(=O)N(CCc2ccccc2)Cc2cccnc2)n1. The van der Waals surface area contributed by atoms with Crippen molar-refractivity contribution < 1.29 is 4.79 Å². The molecule has 2 heterocycles. The van der Waals surface area contributed by atoms with Crippen LogP contribution in [0.1, 0.15) is 22.5 Å². The highest BCUT2D eigenvalue weighted by Gasteiger charge is 2.16. The quantitative estimate of drug-likeness (QED) is 0.659. The van der Waals surface area contributed by atoms with Crippen LogP contribution in [-0.4, -0.2) is 32.1 Å². The Hall–Kier alpha value is -2.95. The van der Waals surface area contributed by atoms with Gasteiger partial charge >= 0.3 is 0 Å². The van der Waals surface area contributed by atoms with Crippen molar-refractivity contribution in [3.63, 3.8) is 0 Å². The van der Waals surface area contributed by atoms with Gasteiger partial charge in [0.1, 0.15) is 6.54 Å². The standard InChI is InChI=1S/C21H24N4O/c1-17-13-18(2)25(23-17)16-21(26)24(15-20-9-6-11-22-14-20)12-10-19-7-4-3-5-8-19/h3-9,11,13-14H,10,12,15-16H2,1-2H3. The summed E-state index contributed by atoms with van der Waals surface area (Å²) < 4.78 is 1.77. The van der Waals surface area contributed by atoms with E-state index in [1.54, 1.807) is 10.9 Å². The second-order valence-electron chi connectivity index (χ2n) is 6.50. The Balaban J connectivity index is 1.72. The van der Waals surface area contributed by atoms with Crippen LogP contribution in [0.2, 0.25) is 0 Å². The van der Waals surface area contributed by atoms with Crippen molar-refractivity contribution in [3.05, 3.63) is 83.4 Å². The molecule has 5 nitrogen and oxygen atoms in total. The van der Waals surface area contributed by atoms with E-state index in [1.807, 2.05) is 61.3 Å². The third-order valence-corrected chi connectivity index (χ3v) is 4.35. The number of amides is 1. The second-order valence-corrected chi connectivity index (χ2v) is 6.50. The first-order chi connectivity index (χ1) is 12.6. The van der Waals surface area contributed by atoms with Gasteiger partial charge in [-0.15, -0.1) is 0 Å². The first-order valence-electron chi connectivity index (χ1n) is 8.83. The van der Waals surface area contributed by atoms with Gasteiger partial charge in [-0.1, -0.05) is 36.4 Å². The molecular formula is C21H24N4O. The summed E-state index contributed by atoms with van der Waals surface area (Å²) >= 11 is 0. The molecule has 0 spiro atoms. The zero-order chi connectivity index (χ0) is 18.4. The molecule has 134 valence electrons. The first-order valence-corrected chi connectivity index (χ1v) is 8.83. The molecule has 1 aromatic carbocycles. The van der Waals surface area contributed by atoms with Gasteiger partial charge in [-0.2, -0.15) is 5.10 Å². The number of carbonyl (C=O) groups excluding carboxylic acids is 1. The van der Waals surface area contributed by atoms with Crippen LogP contribution in [0.3, 0.4) is 0 Å². The normalized spacial score (nSPS) is 10.7. The molecule has 0 radical (unpaired) electrons. The summed E-state index contributed by atoms with van der Waals surface area (Å²) in [6.07, 6.45) is 4.38. The molecule has 0 atom stereocenters. The average molecular weight is 348 g/mol. The maximum Gasteiger partial charge on any atom is 0.244 e. The van der Waals surface area contributed by atoms with Crippen LogP contribution in [0.15, 0.2) is 60.9 Å². The lowest BCUT2D eigenvalue weighted by molar-refractivity contribution is -0.132. The van der Waals surface area contributed by atoms with E-state index < -0.39 is 0 Å². The zero-order valence-corrected chi connectivity index (χ0v) is 15.3. The van der Waals surface area contributed by atoms with Gasteiger partial charge in [0.15, 0.2) is 0 Å². The fraction of sp³-hybridized carbons (Fsp3) is 0.286. The highest BCUT2D eigenvalue weighted by atomic mass is 16.2. The maximum absolute atomic E-state index is 12.9. The van der Waals surface area contributed by atoms with Gasteiger partial charge in [0.2, 0.25) is 5.91 Å². The lowest BCUT2D eigenvalue weighted by Gasteiger charge is -2.23. The molecule has 5 heteroatoms. The molecule has 3 rings (SSSR count). The topological polar surface area (TPSA) is 51.0 Å².